The van der Waals surface area contributed by atoms with Crippen LogP contribution in [0.4, 0.5) is 14.7 Å². The Hall–Kier alpha value is -2.31. The van der Waals surface area contributed by atoms with Crippen LogP contribution in [-0.2, 0) is 0 Å². The third-order valence-corrected chi connectivity index (χ3v) is 2.24. The van der Waals surface area contributed by atoms with Gasteiger partial charge in [-0.15, -0.1) is 0 Å². The van der Waals surface area contributed by atoms with Crippen LogP contribution < -0.4 is 5.32 Å². The summed E-state index contributed by atoms with van der Waals surface area (Å²) in [6.45, 7) is -0.529. The molecule has 1 aromatic heterocycles. The maximum Gasteiger partial charge on any atom is 0.335 e. The van der Waals surface area contributed by atoms with Crippen molar-refractivity contribution >= 4 is 22.8 Å². The summed E-state index contributed by atoms with van der Waals surface area (Å²) < 4.78 is 24.0. The molecule has 0 amide bonds. The van der Waals surface area contributed by atoms with E-state index in [9.17, 15) is 13.6 Å². The molecule has 0 aliphatic carbocycles. The fourth-order valence-electron chi connectivity index (χ4n) is 1.42. The second-order valence-corrected chi connectivity index (χ2v) is 3.54. The zero-order valence-corrected chi connectivity index (χ0v) is 9.10. The maximum atomic E-state index is 12.0. The molecule has 18 heavy (non-hydrogen) atoms. The molecule has 5 nitrogen and oxygen atoms in total. The molecule has 0 spiro atoms. The van der Waals surface area contributed by atoms with E-state index in [-0.39, 0.29) is 11.5 Å². The second-order valence-electron chi connectivity index (χ2n) is 3.54. The van der Waals surface area contributed by atoms with E-state index in [0.29, 0.717) is 10.9 Å². The number of halogens is 2. The first-order valence-corrected chi connectivity index (χ1v) is 5.08. The number of nitrogens with zero attached hydrogens (tertiary/aromatic N) is 2. The Bertz CT molecular complexity index is 590. The van der Waals surface area contributed by atoms with Crippen LogP contribution in [0.1, 0.15) is 10.4 Å². The van der Waals surface area contributed by atoms with Crippen LogP contribution in [0.2, 0.25) is 0 Å². The van der Waals surface area contributed by atoms with Crippen LogP contribution >= 0.6 is 0 Å². The second kappa shape index (κ2) is 4.91. The van der Waals surface area contributed by atoms with Gasteiger partial charge in [0.1, 0.15) is 0 Å². The number of benzene rings is 1. The Morgan fingerprint density at radius 1 is 1.44 bits per heavy atom. The lowest BCUT2D eigenvalue weighted by atomic mass is 10.1. The summed E-state index contributed by atoms with van der Waals surface area (Å²) in [6.07, 6.45) is -1.10. The lowest BCUT2D eigenvalue weighted by Gasteiger charge is -2.05. The standard InChI is InChI=1S/C11H9F2N3O2/c12-9(13)5-15-11-14-4-7-3-6(10(17)18)1-2-8(7)16-11/h1-4,9H,5H2,(H,17,18)(H,14,15,16). The van der Waals surface area contributed by atoms with E-state index in [4.69, 9.17) is 5.11 Å². The Kier molecular flexibility index (Phi) is 3.31. The zero-order chi connectivity index (χ0) is 13.1. The van der Waals surface area contributed by atoms with Crippen molar-refractivity contribution in [2.75, 3.05) is 11.9 Å². The smallest absolute Gasteiger partial charge is 0.335 e. The minimum Gasteiger partial charge on any atom is -0.478 e. The third kappa shape index (κ3) is 2.68. The number of carboxylic acid groups (broad SMARTS) is 1. The quantitative estimate of drug-likeness (QED) is 0.871. The normalized spacial score (nSPS) is 10.8. The number of hydrogen-bond donors (Lipinski definition) is 2. The van der Waals surface area contributed by atoms with E-state index in [1.54, 1.807) is 0 Å². The summed E-state index contributed by atoms with van der Waals surface area (Å²) in [7, 11) is 0. The van der Waals surface area contributed by atoms with E-state index in [2.05, 4.69) is 15.3 Å². The van der Waals surface area contributed by atoms with Crippen LogP contribution in [0.3, 0.4) is 0 Å². The highest BCUT2D eigenvalue weighted by Gasteiger charge is 2.07. The minimum atomic E-state index is -2.49. The van der Waals surface area contributed by atoms with Gasteiger partial charge in [0.15, 0.2) is 0 Å². The first kappa shape index (κ1) is 12.2. The highest BCUT2D eigenvalue weighted by atomic mass is 19.3. The number of carbonyl (C=O) groups is 1. The van der Waals surface area contributed by atoms with E-state index >= 15 is 0 Å². The predicted octanol–water partition coefficient (Wildman–Crippen LogP) is 2.00. The molecule has 0 atom stereocenters. The van der Waals surface area contributed by atoms with Crippen LogP contribution in [0.15, 0.2) is 24.4 Å². The minimum absolute atomic E-state index is 0.0888. The summed E-state index contributed by atoms with van der Waals surface area (Å²) >= 11 is 0. The van der Waals surface area contributed by atoms with Crippen LogP contribution in [0, 0.1) is 0 Å². The Morgan fingerprint density at radius 3 is 2.89 bits per heavy atom. The SMILES string of the molecule is O=C(O)c1ccc2nc(NCC(F)F)ncc2c1. The molecule has 1 heterocycles. The molecule has 1 aromatic carbocycles. The zero-order valence-electron chi connectivity index (χ0n) is 9.10. The summed E-state index contributed by atoms with van der Waals surface area (Å²) in [5, 5.41) is 11.7. The van der Waals surface area contributed by atoms with Gasteiger partial charge < -0.3 is 10.4 Å². The van der Waals surface area contributed by atoms with Crippen molar-refractivity contribution in [2.24, 2.45) is 0 Å². The monoisotopic (exact) mass is 253 g/mol. The molecule has 2 rings (SSSR count). The molecule has 94 valence electrons. The van der Waals surface area contributed by atoms with Gasteiger partial charge in [0.05, 0.1) is 17.6 Å². The molecule has 0 saturated carbocycles. The van der Waals surface area contributed by atoms with Gasteiger partial charge in [-0.05, 0) is 18.2 Å². The van der Waals surface area contributed by atoms with E-state index < -0.39 is 18.9 Å². The number of nitrogens with one attached hydrogen (secondary N) is 1. The molecule has 0 fully saturated rings. The Labute approximate surface area is 100 Å². The van der Waals surface area contributed by atoms with Gasteiger partial charge in [-0.25, -0.2) is 23.5 Å². The van der Waals surface area contributed by atoms with Crippen molar-refractivity contribution in [3.63, 3.8) is 0 Å². The maximum absolute atomic E-state index is 12.0. The summed E-state index contributed by atoms with van der Waals surface area (Å²) in [5.74, 6) is -0.956. The lowest BCUT2D eigenvalue weighted by Crippen LogP contribution is -2.12. The fraction of sp³-hybridized carbons (Fsp3) is 0.182. The third-order valence-electron chi connectivity index (χ3n) is 2.24. The summed E-state index contributed by atoms with van der Waals surface area (Å²) in [4.78, 5) is 18.6. The van der Waals surface area contributed by atoms with Crippen molar-refractivity contribution in [2.45, 2.75) is 6.43 Å². The van der Waals surface area contributed by atoms with Gasteiger partial charge in [-0.1, -0.05) is 0 Å². The molecular formula is C11H9F2N3O2. The number of aromatic nitrogens is 2. The number of anilines is 1. The number of rotatable bonds is 4. The number of hydrogen-bond acceptors (Lipinski definition) is 4. The number of aromatic carboxylic acids is 1. The highest BCUT2D eigenvalue weighted by molar-refractivity contribution is 5.93. The molecule has 0 radical (unpaired) electrons. The van der Waals surface area contributed by atoms with Gasteiger partial charge in [0.2, 0.25) is 5.95 Å². The van der Waals surface area contributed by atoms with Gasteiger partial charge in [-0.3, -0.25) is 0 Å². The number of fused-ring (bicyclic) bond motifs is 1. The average Bonchev–Trinajstić information content (AvgIpc) is 2.35. The van der Waals surface area contributed by atoms with Gasteiger partial charge >= 0.3 is 5.97 Å². The van der Waals surface area contributed by atoms with Crippen molar-refractivity contribution in [3.8, 4) is 0 Å². The highest BCUT2D eigenvalue weighted by Crippen LogP contribution is 2.15. The van der Waals surface area contributed by atoms with Crippen molar-refractivity contribution in [3.05, 3.63) is 30.0 Å². The summed E-state index contributed by atoms with van der Waals surface area (Å²) in [5.41, 5.74) is 0.617. The molecule has 0 bridgehead atoms. The van der Waals surface area contributed by atoms with Crippen LogP contribution in [0.5, 0.6) is 0 Å². The van der Waals surface area contributed by atoms with Crippen LogP contribution in [0.25, 0.3) is 10.9 Å². The van der Waals surface area contributed by atoms with E-state index in [0.717, 1.165) is 0 Å². The average molecular weight is 253 g/mol. The largest absolute Gasteiger partial charge is 0.478 e. The van der Waals surface area contributed by atoms with Gasteiger partial charge in [-0.2, -0.15) is 0 Å². The van der Waals surface area contributed by atoms with Gasteiger partial charge in [0.25, 0.3) is 6.43 Å². The Balaban J connectivity index is 2.29. The molecule has 0 saturated heterocycles. The van der Waals surface area contributed by atoms with Gasteiger partial charge in [0, 0.05) is 11.6 Å². The molecule has 0 unspecified atom stereocenters. The lowest BCUT2D eigenvalue weighted by molar-refractivity contribution is 0.0697. The Morgan fingerprint density at radius 2 is 2.22 bits per heavy atom. The summed E-state index contributed by atoms with van der Waals surface area (Å²) in [6, 6.07) is 4.33. The topological polar surface area (TPSA) is 75.1 Å². The van der Waals surface area contributed by atoms with Crippen molar-refractivity contribution in [1.82, 2.24) is 9.97 Å². The molecule has 2 N–H and O–H groups in total. The first-order valence-electron chi connectivity index (χ1n) is 5.08. The fourth-order valence-corrected chi connectivity index (χ4v) is 1.42. The van der Waals surface area contributed by atoms with Crippen molar-refractivity contribution < 1.29 is 18.7 Å². The molecule has 7 heteroatoms. The van der Waals surface area contributed by atoms with Crippen molar-refractivity contribution in [1.29, 1.82) is 0 Å². The molecule has 0 aliphatic rings. The van der Waals surface area contributed by atoms with E-state index in [1.165, 1.54) is 24.4 Å². The molecular weight excluding hydrogens is 244 g/mol. The number of carboxylic acids is 1. The molecule has 2 aromatic rings. The number of alkyl halides is 2. The van der Waals surface area contributed by atoms with E-state index in [1.807, 2.05) is 0 Å². The first-order chi connectivity index (χ1) is 8.56. The predicted molar refractivity (Wildman–Crippen MR) is 61.0 cm³/mol. The molecule has 0 aliphatic heterocycles. The van der Waals surface area contributed by atoms with Crippen LogP contribution in [-0.4, -0.2) is 34.0 Å².